The lowest BCUT2D eigenvalue weighted by Crippen LogP contribution is -2.16. The predicted octanol–water partition coefficient (Wildman–Crippen LogP) is 1.61. The Bertz CT molecular complexity index is 220. The Hall–Kier alpha value is -0.340. The highest BCUT2D eigenvalue weighted by atomic mass is 16.6. The van der Waals surface area contributed by atoms with Gasteiger partial charge in [-0.2, -0.15) is 0 Å². The number of allylic oxidation sites excluding steroid dienone is 2. The maximum absolute atomic E-state index is 5.64. The molecule has 1 heterocycles. The second-order valence-electron chi connectivity index (χ2n) is 4.53. The fourth-order valence-electron chi connectivity index (χ4n) is 2.60. The third-order valence-corrected chi connectivity index (χ3v) is 3.45. The molecule has 0 amide bonds. The van der Waals surface area contributed by atoms with Gasteiger partial charge in [-0.1, -0.05) is 12.2 Å². The van der Waals surface area contributed by atoms with Crippen molar-refractivity contribution in [3.8, 4) is 0 Å². The molecule has 3 unspecified atom stereocenters. The normalized spacial score (nSPS) is 45.8. The molecule has 3 rings (SSSR count). The molecule has 0 N–H and O–H groups in total. The van der Waals surface area contributed by atoms with Crippen LogP contribution in [-0.2, 0) is 9.47 Å². The summed E-state index contributed by atoms with van der Waals surface area (Å²) in [5.74, 6) is 2.50. The van der Waals surface area contributed by atoms with Crippen molar-refractivity contribution in [3.05, 3.63) is 12.2 Å². The van der Waals surface area contributed by atoms with E-state index in [4.69, 9.17) is 9.47 Å². The van der Waals surface area contributed by atoms with E-state index in [1.165, 1.54) is 12.8 Å². The maximum atomic E-state index is 5.64. The van der Waals surface area contributed by atoms with Gasteiger partial charge in [0.25, 0.3) is 0 Å². The van der Waals surface area contributed by atoms with Gasteiger partial charge in [0, 0.05) is 0 Å². The molecule has 1 saturated heterocycles. The van der Waals surface area contributed by atoms with E-state index in [0.717, 1.165) is 37.6 Å². The van der Waals surface area contributed by atoms with E-state index < -0.39 is 0 Å². The molecule has 0 aromatic heterocycles. The molecule has 1 saturated carbocycles. The number of rotatable bonds is 4. The Kier molecular flexibility index (Phi) is 1.91. The highest BCUT2D eigenvalue weighted by Gasteiger charge is 2.35. The van der Waals surface area contributed by atoms with E-state index in [9.17, 15) is 0 Å². The number of epoxide rings is 1. The Morgan fingerprint density at radius 2 is 2.15 bits per heavy atom. The van der Waals surface area contributed by atoms with E-state index in [1.807, 2.05) is 0 Å². The average Bonchev–Trinajstić information content (AvgIpc) is 2.74. The van der Waals surface area contributed by atoms with Crippen molar-refractivity contribution in [1.29, 1.82) is 0 Å². The SMILES string of the molecule is C1=C[C@@H]2CC1CC2COCC1CO1. The van der Waals surface area contributed by atoms with E-state index in [0.29, 0.717) is 6.10 Å². The van der Waals surface area contributed by atoms with Gasteiger partial charge in [0.05, 0.1) is 19.8 Å². The quantitative estimate of drug-likeness (QED) is 0.484. The largest absolute Gasteiger partial charge is 0.378 e. The van der Waals surface area contributed by atoms with Gasteiger partial charge in [0.15, 0.2) is 0 Å². The number of ether oxygens (including phenoxy) is 2. The van der Waals surface area contributed by atoms with Crippen molar-refractivity contribution in [2.75, 3.05) is 19.8 Å². The molecular weight excluding hydrogens is 164 g/mol. The van der Waals surface area contributed by atoms with Gasteiger partial charge in [-0.25, -0.2) is 0 Å². The molecule has 3 aliphatic rings. The minimum atomic E-state index is 0.425. The third kappa shape index (κ3) is 1.65. The minimum Gasteiger partial charge on any atom is -0.378 e. The first-order valence-electron chi connectivity index (χ1n) is 5.29. The van der Waals surface area contributed by atoms with Crippen molar-refractivity contribution in [3.63, 3.8) is 0 Å². The molecule has 2 nitrogen and oxygen atoms in total. The zero-order chi connectivity index (χ0) is 8.67. The fourth-order valence-corrected chi connectivity index (χ4v) is 2.60. The summed E-state index contributed by atoms with van der Waals surface area (Å²) < 4.78 is 10.7. The molecule has 13 heavy (non-hydrogen) atoms. The Balaban J connectivity index is 1.43. The summed E-state index contributed by atoms with van der Waals surface area (Å²) in [6.45, 7) is 2.68. The summed E-state index contributed by atoms with van der Waals surface area (Å²) in [6, 6.07) is 0. The minimum absolute atomic E-state index is 0.425. The van der Waals surface area contributed by atoms with Gasteiger partial charge in [0.1, 0.15) is 6.10 Å². The van der Waals surface area contributed by atoms with E-state index in [1.54, 1.807) is 0 Å². The van der Waals surface area contributed by atoms with E-state index >= 15 is 0 Å². The van der Waals surface area contributed by atoms with Crippen LogP contribution in [-0.4, -0.2) is 25.9 Å². The first-order valence-corrected chi connectivity index (χ1v) is 5.29. The van der Waals surface area contributed by atoms with Crippen LogP contribution < -0.4 is 0 Å². The molecule has 2 aliphatic carbocycles. The predicted molar refractivity (Wildman–Crippen MR) is 49.4 cm³/mol. The second kappa shape index (κ2) is 3.10. The fraction of sp³-hybridized carbons (Fsp3) is 0.818. The van der Waals surface area contributed by atoms with Crippen LogP contribution in [0.3, 0.4) is 0 Å². The van der Waals surface area contributed by atoms with Gasteiger partial charge >= 0.3 is 0 Å². The molecule has 2 bridgehead atoms. The summed E-state index contributed by atoms with van der Waals surface area (Å²) >= 11 is 0. The van der Waals surface area contributed by atoms with Crippen LogP contribution >= 0.6 is 0 Å². The Morgan fingerprint density at radius 1 is 1.23 bits per heavy atom. The molecule has 0 spiro atoms. The van der Waals surface area contributed by atoms with Crippen molar-refractivity contribution >= 4 is 0 Å². The van der Waals surface area contributed by atoms with Crippen LogP contribution in [0.1, 0.15) is 12.8 Å². The van der Waals surface area contributed by atoms with Crippen LogP contribution in [0.5, 0.6) is 0 Å². The molecular formula is C11H16O2. The Morgan fingerprint density at radius 3 is 2.77 bits per heavy atom. The van der Waals surface area contributed by atoms with Crippen LogP contribution in [0, 0.1) is 17.8 Å². The molecule has 2 heteroatoms. The molecule has 4 atom stereocenters. The Labute approximate surface area is 78.9 Å². The molecule has 0 aromatic carbocycles. The summed E-state index contributed by atoms with van der Waals surface area (Å²) in [5.41, 5.74) is 0. The summed E-state index contributed by atoms with van der Waals surface area (Å²) in [6.07, 6.45) is 7.93. The summed E-state index contributed by atoms with van der Waals surface area (Å²) in [5, 5.41) is 0. The molecule has 2 fully saturated rings. The summed E-state index contributed by atoms with van der Waals surface area (Å²) in [7, 11) is 0. The monoisotopic (exact) mass is 180 g/mol. The topological polar surface area (TPSA) is 21.8 Å². The van der Waals surface area contributed by atoms with Crippen molar-refractivity contribution in [2.24, 2.45) is 17.8 Å². The van der Waals surface area contributed by atoms with Crippen LogP contribution in [0.4, 0.5) is 0 Å². The molecule has 0 aromatic rings. The lowest BCUT2D eigenvalue weighted by molar-refractivity contribution is 0.0784. The average molecular weight is 180 g/mol. The molecule has 72 valence electrons. The lowest BCUT2D eigenvalue weighted by Gasteiger charge is -2.17. The summed E-state index contributed by atoms with van der Waals surface area (Å²) in [4.78, 5) is 0. The van der Waals surface area contributed by atoms with Crippen molar-refractivity contribution in [2.45, 2.75) is 18.9 Å². The first-order chi connectivity index (χ1) is 6.42. The zero-order valence-corrected chi connectivity index (χ0v) is 7.82. The smallest absolute Gasteiger partial charge is 0.104 e. The van der Waals surface area contributed by atoms with Gasteiger partial charge in [-0.3, -0.25) is 0 Å². The highest BCUT2D eigenvalue weighted by molar-refractivity contribution is 5.09. The number of fused-ring (bicyclic) bond motifs is 2. The molecule has 0 radical (unpaired) electrons. The molecule has 1 aliphatic heterocycles. The zero-order valence-electron chi connectivity index (χ0n) is 7.82. The number of hydrogen-bond acceptors (Lipinski definition) is 2. The third-order valence-electron chi connectivity index (χ3n) is 3.45. The van der Waals surface area contributed by atoms with Crippen LogP contribution in [0.2, 0.25) is 0 Å². The van der Waals surface area contributed by atoms with Gasteiger partial charge in [-0.15, -0.1) is 0 Å². The standard InChI is InChI=1S/C11H16O2/c1-2-9-3-8(1)4-10(9)5-12-6-11-7-13-11/h1-2,8-11H,3-7H2/t8?,9-,10?,11?/m1/s1. The number of hydrogen-bond donors (Lipinski definition) is 0. The first kappa shape index (κ1) is 8.01. The van der Waals surface area contributed by atoms with Crippen LogP contribution in [0.25, 0.3) is 0 Å². The highest BCUT2D eigenvalue weighted by Crippen LogP contribution is 2.43. The van der Waals surface area contributed by atoms with Gasteiger partial charge in [0.2, 0.25) is 0 Å². The maximum Gasteiger partial charge on any atom is 0.104 e. The van der Waals surface area contributed by atoms with E-state index in [2.05, 4.69) is 12.2 Å². The lowest BCUT2D eigenvalue weighted by atomic mass is 9.95. The van der Waals surface area contributed by atoms with E-state index in [-0.39, 0.29) is 0 Å². The van der Waals surface area contributed by atoms with Crippen molar-refractivity contribution in [1.82, 2.24) is 0 Å². The van der Waals surface area contributed by atoms with Gasteiger partial charge in [-0.05, 0) is 30.6 Å². The van der Waals surface area contributed by atoms with Gasteiger partial charge < -0.3 is 9.47 Å². The second-order valence-corrected chi connectivity index (χ2v) is 4.53. The van der Waals surface area contributed by atoms with Crippen molar-refractivity contribution < 1.29 is 9.47 Å². The van der Waals surface area contributed by atoms with Crippen LogP contribution in [0.15, 0.2) is 12.2 Å².